The van der Waals surface area contributed by atoms with Gasteiger partial charge in [0.25, 0.3) is 0 Å². The van der Waals surface area contributed by atoms with Crippen LogP contribution >= 0.6 is 11.8 Å². The van der Waals surface area contributed by atoms with Gasteiger partial charge in [0, 0.05) is 11.0 Å². The fourth-order valence-corrected chi connectivity index (χ4v) is 1.89. The lowest BCUT2D eigenvalue weighted by Gasteiger charge is -2.03. The zero-order valence-corrected chi connectivity index (χ0v) is 9.14. The van der Waals surface area contributed by atoms with Gasteiger partial charge in [-0.1, -0.05) is 11.8 Å². The molecule has 0 saturated carbocycles. The van der Waals surface area contributed by atoms with Crippen molar-refractivity contribution in [1.29, 1.82) is 0 Å². The molecule has 2 N–H and O–H groups in total. The van der Waals surface area contributed by atoms with E-state index in [0.29, 0.717) is 17.8 Å². The molecule has 17 heavy (non-hydrogen) atoms. The Labute approximate surface area is 98.9 Å². The second-order valence-electron chi connectivity index (χ2n) is 3.06. The minimum atomic E-state index is -0.786. The first-order valence-electron chi connectivity index (χ1n) is 4.47. The Kier molecular flexibility index (Phi) is 3.19. The number of hydrogen-bond donors (Lipinski definition) is 1. The van der Waals surface area contributed by atoms with E-state index >= 15 is 0 Å². The van der Waals surface area contributed by atoms with E-state index in [-0.39, 0.29) is 15.9 Å². The molecule has 1 aromatic heterocycles. The lowest BCUT2D eigenvalue weighted by molar-refractivity contribution is 0.563. The van der Waals surface area contributed by atoms with Gasteiger partial charge in [0.2, 0.25) is 5.95 Å². The van der Waals surface area contributed by atoms with Crippen molar-refractivity contribution in [2.24, 2.45) is 0 Å². The third-order valence-corrected chi connectivity index (χ3v) is 2.86. The molecule has 3 nitrogen and oxygen atoms in total. The summed E-state index contributed by atoms with van der Waals surface area (Å²) < 4.78 is 39.2. The molecule has 0 amide bonds. The van der Waals surface area contributed by atoms with Gasteiger partial charge in [-0.3, -0.25) is 0 Å². The van der Waals surface area contributed by atoms with E-state index in [1.54, 1.807) is 0 Å². The number of halogens is 3. The van der Waals surface area contributed by atoms with Gasteiger partial charge in [-0.05, 0) is 12.1 Å². The molecule has 7 heteroatoms. The summed E-state index contributed by atoms with van der Waals surface area (Å²) in [6.45, 7) is 0. The monoisotopic (exact) mass is 257 g/mol. The molecular weight excluding hydrogens is 251 g/mol. The zero-order valence-electron chi connectivity index (χ0n) is 8.32. The van der Waals surface area contributed by atoms with Crippen molar-refractivity contribution < 1.29 is 13.2 Å². The van der Waals surface area contributed by atoms with Gasteiger partial charge >= 0.3 is 0 Å². The number of nitrogens with zero attached hydrogens (tertiary/aromatic N) is 2. The SMILES string of the molecule is Nc1ncc(F)c(Sc2ccc(F)cc2F)n1. The van der Waals surface area contributed by atoms with Crippen molar-refractivity contribution >= 4 is 17.7 Å². The average Bonchev–Trinajstić information content (AvgIpc) is 2.27. The molecular formula is C10H6F3N3S. The van der Waals surface area contributed by atoms with Crippen LogP contribution < -0.4 is 5.73 Å². The molecule has 0 spiro atoms. The minimum absolute atomic E-state index is 0.0587. The molecule has 0 atom stereocenters. The van der Waals surface area contributed by atoms with Crippen LogP contribution in [0.1, 0.15) is 0 Å². The van der Waals surface area contributed by atoms with Gasteiger partial charge in [0.15, 0.2) is 5.82 Å². The van der Waals surface area contributed by atoms with Crippen LogP contribution in [-0.4, -0.2) is 9.97 Å². The van der Waals surface area contributed by atoms with E-state index in [9.17, 15) is 13.2 Å². The normalized spacial score (nSPS) is 10.5. The molecule has 0 aliphatic rings. The van der Waals surface area contributed by atoms with Gasteiger partial charge in [0.05, 0.1) is 6.20 Å². The minimum Gasteiger partial charge on any atom is -0.368 e. The van der Waals surface area contributed by atoms with Crippen LogP contribution in [0.4, 0.5) is 19.1 Å². The first kappa shape index (κ1) is 11.7. The Balaban J connectivity index is 2.34. The fraction of sp³-hybridized carbons (Fsp3) is 0. The number of hydrogen-bond acceptors (Lipinski definition) is 4. The molecule has 88 valence electrons. The predicted molar refractivity (Wildman–Crippen MR) is 56.9 cm³/mol. The van der Waals surface area contributed by atoms with Crippen LogP contribution in [0.3, 0.4) is 0 Å². The van der Waals surface area contributed by atoms with Crippen molar-refractivity contribution in [2.45, 2.75) is 9.92 Å². The van der Waals surface area contributed by atoms with Crippen molar-refractivity contribution in [3.8, 4) is 0 Å². The maximum absolute atomic E-state index is 13.3. The number of rotatable bonds is 2. The summed E-state index contributed by atoms with van der Waals surface area (Å²) in [5.74, 6) is -2.31. The largest absolute Gasteiger partial charge is 0.368 e. The molecule has 0 aliphatic heterocycles. The third-order valence-electron chi connectivity index (χ3n) is 1.83. The maximum atomic E-state index is 13.3. The molecule has 1 heterocycles. The Hall–Kier alpha value is -1.76. The first-order chi connectivity index (χ1) is 8.06. The van der Waals surface area contributed by atoms with Crippen molar-refractivity contribution in [2.75, 3.05) is 5.73 Å². The van der Waals surface area contributed by atoms with E-state index < -0.39 is 17.5 Å². The highest BCUT2D eigenvalue weighted by molar-refractivity contribution is 7.99. The lowest BCUT2D eigenvalue weighted by atomic mass is 10.3. The van der Waals surface area contributed by atoms with Crippen molar-refractivity contribution in [1.82, 2.24) is 9.97 Å². The lowest BCUT2D eigenvalue weighted by Crippen LogP contribution is -1.98. The molecule has 2 aromatic rings. The molecule has 0 aliphatic carbocycles. The molecule has 0 saturated heterocycles. The Morgan fingerprint density at radius 1 is 1.12 bits per heavy atom. The summed E-state index contributed by atoms with van der Waals surface area (Å²) >= 11 is 0.716. The molecule has 1 aromatic carbocycles. The van der Waals surface area contributed by atoms with E-state index in [1.807, 2.05) is 0 Å². The van der Waals surface area contributed by atoms with E-state index in [0.717, 1.165) is 12.3 Å². The van der Waals surface area contributed by atoms with E-state index in [4.69, 9.17) is 5.73 Å². The zero-order chi connectivity index (χ0) is 12.4. The number of nitrogens with two attached hydrogens (primary N) is 1. The Morgan fingerprint density at radius 2 is 1.88 bits per heavy atom. The van der Waals surface area contributed by atoms with E-state index in [2.05, 4.69) is 9.97 Å². The number of benzene rings is 1. The van der Waals surface area contributed by atoms with E-state index in [1.165, 1.54) is 6.07 Å². The van der Waals surface area contributed by atoms with Crippen LogP contribution in [0.25, 0.3) is 0 Å². The van der Waals surface area contributed by atoms with Crippen LogP contribution in [0.2, 0.25) is 0 Å². The summed E-state index contributed by atoms with van der Waals surface area (Å²) in [5, 5.41) is -0.108. The molecule has 0 bridgehead atoms. The number of anilines is 1. The molecule has 0 fully saturated rings. The summed E-state index contributed by atoms with van der Waals surface area (Å²) in [7, 11) is 0. The van der Waals surface area contributed by atoms with Gasteiger partial charge in [0.1, 0.15) is 16.7 Å². The van der Waals surface area contributed by atoms with Crippen LogP contribution in [-0.2, 0) is 0 Å². The summed E-state index contributed by atoms with van der Waals surface area (Å²) in [6, 6.07) is 2.99. The average molecular weight is 257 g/mol. The highest BCUT2D eigenvalue weighted by Crippen LogP contribution is 2.30. The fourth-order valence-electron chi connectivity index (χ4n) is 1.10. The van der Waals surface area contributed by atoms with Crippen molar-refractivity contribution in [3.63, 3.8) is 0 Å². The van der Waals surface area contributed by atoms with Crippen LogP contribution in [0.5, 0.6) is 0 Å². The number of nitrogen functional groups attached to an aromatic ring is 1. The van der Waals surface area contributed by atoms with Gasteiger partial charge in [-0.25, -0.2) is 23.1 Å². The predicted octanol–water partition coefficient (Wildman–Crippen LogP) is 2.63. The van der Waals surface area contributed by atoms with Gasteiger partial charge in [-0.2, -0.15) is 0 Å². The first-order valence-corrected chi connectivity index (χ1v) is 5.29. The van der Waals surface area contributed by atoms with Crippen LogP contribution in [0, 0.1) is 17.5 Å². The van der Waals surface area contributed by atoms with Gasteiger partial charge in [-0.15, -0.1) is 0 Å². The quantitative estimate of drug-likeness (QED) is 0.840. The molecule has 2 rings (SSSR count). The highest BCUT2D eigenvalue weighted by atomic mass is 32.2. The number of aromatic nitrogens is 2. The molecule has 0 unspecified atom stereocenters. The Morgan fingerprint density at radius 3 is 2.59 bits per heavy atom. The molecule has 0 radical (unpaired) electrons. The second-order valence-corrected chi connectivity index (χ2v) is 4.09. The second kappa shape index (κ2) is 4.62. The summed E-state index contributed by atoms with van der Waals surface area (Å²) in [5.41, 5.74) is 5.29. The van der Waals surface area contributed by atoms with Crippen LogP contribution in [0.15, 0.2) is 34.3 Å². The van der Waals surface area contributed by atoms with Gasteiger partial charge < -0.3 is 5.73 Å². The summed E-state index contributed by atoms with van der Waals surface area (Å²) in [4.78, 5) is 7.13. The summed E-state index contributed by atoms with van der Waals surface area (Å²) in [6.07, 6.45) is 0.895. The standard InChI is InChI=1S/C10H6F3N3S/c11-5-1-2-8(6(12)3-5)17-9-7(13)4-15-10(14)16-9/h1-4H,(H2,14,15,16). The van der Waals surface area contributed by atoms with Crippen molar-refractivity contribution in [3.05, 3.63) is 41.8 Å². The topological polar surface area (TPSA) is 51.8 Å². The maximum Gasteiger partial charge on any atom is 0.221 e. The third kappa shape index (κ3) is 2.68. The Bertz CT molecular complexity index is 562. The smallest absolute Gasteiger partial charge is 0.221 e. The highest BCUT2D eigenvalue weighted by Gasteiger charge is 2.11.